The van der Waals surface area contributed by atoms with Crippen molar-refractivity contribution < 1.29 is 8.42 Å². The zero-order chi connectivity index (χ0) is 14.8. The van der Waals surface area contributed by atoms with Gasteiger partial charge in [-0.25, -0.2) is 8.42 Å². The zero-order valence-electron chi connectivity index (χ0n) is 12.1. The summed E-state index contributed by atoms with van der Waals surface area (Å²) in [5.74, 6) is 0. The fourth-order valence-electron chi connectivity index (χ4n) is 1.91. The molecule has 0 saturated heterocycles. The Morgan fingerprint density at radius 3 is 2.32 bits per heavy atom. The monoisotopic (exact) mass is 347 g/mol. The molecule has 1 atom stereocenters. The van der Waals surface area contributed by atoms with Crippen molar-refractivity contribution in [3.63, 3.8) is 0 Å². The van der Waals surface area contributed by atoms with Crippen LogP contribution in [0.5, 0.6) is 0 Å². The van der Waals surface area contributed by atoms with E-state index in [1.54, 1.807) is 13.8 Å². The lowest BCUT2D eigenvalue weighted by molar-refractivity contribution is 0.239. The number of sulfone groups is 1. The average molecular weight is 348 g/mol. The summed E-state index contributed by atoms with van der Waals surface area (Å²) in [6.45, 7) is 6.12. The van der Waals surface area contributed by atoms with Gasteiger partial charge in [-0.05, 0) is 39.4 Å². The Morgan fingerprint density at radius 1 is 1.32 bits per heavy atom. The second-order valence-corrected chi connectivity index (χ2v) is 9.15. The summed E-state index contributed by atoms with van der Waals surface area (Å²) in [4.78, 5) is 2.07. The average Bonchev–Trinajstić information content (AvgIpc) is 2.26. The maximum atomic E-state index is 11.8. The molecule has 0 heterocycles. The third-order valence-electron chi connectivity index (χ3n) is 3.65. The summed E-state index contributed by atoms with van der Waals surface area (Å²) in [6.07, 6.45) is 1.30. The highest BCUT2D eigenvalue weighted by molar-refractivity contribution is 9.10. The van der Waals surface area contributed by atoms with Crippen LogP contribution in [0, 0.1) is 0 Å². The largest absolute Gasteiger partial charge is 0.298 e. The van der Waals surface area contributed by atoms with E-state index in [0.717, 1.165) is 10.0 Å². The van der Waals surface area contributed by atoms with E-state index in [9.17, 15) is 8.42 Å². The van der Waals surface area contributed by atoms with E-state index in [2.05, 4.69) is 33.8 Å². The predicted octanol–water partition coefficient (Wildman–Crippen LogP) is 3.27. The molecule has 0 unspecified atom stereocenters. The highest BCUT2D eigenvalue weighted by Gasteiger charge is 2.32. The fourth-order valence-corrected chi connectivity index (χ4v) is 2.96. The van der Waals surface area contributed by atoms with Crippen LogP contribution in [-0.2, 0) is 9.84 Å². The summed E-state index contributed by atoms with van der Waals surface area (Å²) < 4.78 is 23.9. The minimum atomic E-state index is -3.08. The number of rotatable bonds is 5. The Kier molecular flexibility index (Phi) is 5.21. The van der Waals surface area contributed by atoms with Crippen molar-refractivity contribution in [3.05, 3.63) is 34.3 Å². The minimum Gasteiger partial charge on any atom is -0.298 e. The molecule has 0 aliphatic heterocycles. The molecule has 3 nitrogen and oxygen atoms in total. The van der Waals surface area contributed by atoms with Crippen molar-refractivity contribution in [2.75, 3.05) is 19.8 Å². The van der Waals surface area contributed by atoms with Gasteiger partial charge in [-0.1, -0.05) is 34.1 Å². The molecule has 108 valence electrons. The summed E-state index contributed by atoms with van der Waals surface area (Å²) in [7, 11) is -1.12. The topological polar surface area (TPSA) is 37.4 Å². The van der Waals surface area contributed by atoms with Gasteiger partial charge in [0.05, 0.1) is 4.75 Å². The Hall–Kier alpha value is -0.390. The number of benzene rings is 1. The summed E-state index contributed by atoms with van der Waals surface area (Å²) in [5.41, 5.74) is 1.16. The van der Waals surface area contributed by atoms with Gasteiger partial charge in [0.1, 0.15) is 0 Å². The van der Waals surface area contributed by atoms with E-state index in [-0.39, 0.29) is 6.04 Å². The first-order chi connectivity index (χ1) is 8.56. The van der Waals surface area contributed by atoms with Gasteiger partial charge in [0, 0.05) is 23.3 Å². The van der Waals surface area contributed by atoms with Crippen molar-refractivity contribution in [2.45, 2.75) is 31.6 Å². The van der Waals surface area contributed by atoms with E-state index in [4.69, 9.17) is 0 Å². The second kappa shape index (κ2) is 5.94. The van der Waals surface area contributed by atoms with Crippen molar-refractivity contribution in [1.29, 1.82) is 0 Å². The van der Waals surface area contributed by atoms with Gasteiger partial charge in [-0.15, -0.1) is 0 Å². The highest BCUT2D eigenvalue weighted by atomic mass is 79.9. The predicted molar refractivity (Wildman–Crippen MR) is 84.1 cm³/mol. The number of nitrogens with zero attached hydrogens (tertiary/aromatic N) is 1. The van der Waals surface area contributed by atoms with E-state index < -0.39 is 14.6 Å². The molecule has 0 aromatic heterocycles. The first kappa shape index (κ1) is 16.7. The van der Waals surface area contributed by atoms with E-state index in [1.807, 2.05) is 25.2 Å². The lowest BCUT2D eigenvalue weighted by Gasteiger charge is -2.33. The van der Waals surface area contributed by atoms with Crippen LogP contribution in [0.2, 0.25) is 0 Å². The molecule has 0 bridgehead atoms. The van der Waals surface area contributed by atoms with E-state index in [0.29, 0.717) is 6.54 Å². The third-order valence-corrected chi connectivity index (χ3v) is 6.51. The van der Waals surface area contributed by atoms with Gasteiger partial charge in [-0.2, -0.15) is 0 Å². The van der Waals surface area contributed by atoms with Crippen molar-refractivity contribution in [3.8, 4) is 0 Å². The maximum Gasteiger partial charge on any atom is 0.153 e. The van der Waals surface area contributed by atoms with E-state index in [1.165, 1.54) is 6.26 Å². The summed E-state index contributed by atoms with van der Waals surface area (Å²) >= 11 is 3.54. The van der Waals surface area contributed by atoms with Crippen molar-refractivity contribution in [1.82, 2.24) is 4.90 Å². The zero-order valence-corrected chi connectivity index (χ0v) is 14.5. The molecule has 0 radical (unpaired) electrons. The molecule has 0 saturated carbocycles. The van der Waals surface area contributed by atoms with Gasteiger partial charge in [0.15, 0.2) is 9.84 Å². The first-order valence-electron chi connectivity index (χ1n) is 6.20. The van der Waals surface area contributed by atoms with Crippen molar-refractivity contribution >= 4 is 25.8 Å². The minimum absolute atomic E-state index is 0.150. The molecule has 1 rings (SSSR count). The Labute approximate surface area is 125 Å². The normalized spacial score (nSPS) is 14.7. The van der Waals surface area contributed by atoms with Crippen LogP contribution in [0.25, 0.3) is 0 Å². The van der Waals surface area contributed by atoms with E-state index >= 15 is 0 Å². The van der Waals surface area contributed by atoms with Crippen LogP contribution in [0.15, 0.2) is 28.7 Å². The molecule has 0 amide bonds. The maximum absolute atomic E-state index is 11.8. The molecule has 0 fully saturated rings. The quantitative estimate of drug-likeness (QED) is 0.820. The molecule has 0 aliphatic carbocycles. The summed E-state index contributed by atoms with van der Waals surface area (Å²) in [6, 6.07) is 8.17. The highest BCUT2D eigenvalue weighted by Crippen LogP contribution is 2.28. The molecule has 0 aliphatic rings. The Morgan fingerprint density at radius 2 is 1.84 bits per heavy atom. The Bertz CT molecular complexity index is 540. The summed E-state index contributed by atoms with van der Waals surface area (Å²) in [5, 5.41) is 0. The smallest absolute Gasteiger partial charge is 0.153 e. The van der Waals surface area contributed by atoms with Crippen LogP contribution in [-0.4, -0.2) is 37.9 Å². The first-order valence-corrected chi connectivity index (χ1v) is 8.89. The lowest BCUT2D eigenvalue weighted by Crippen LogP contribution is -2.43. The van der Waals surface area contributed by atoms with Gasteiger partial charge < -0.3 is 0 Å². The molecule has 1 aromatic rings. The molecular formula is C14H22BrNO2S. The van der Waals surface area contributed by atoms with Gasteiger partial charge in [0.25, 0.3) is 0 Å². The number of hydrogen-bond donors (Lipinski definition) is 0. The van der Waals surface area contributed by atoms with Crippen LogP contribution in [0.4, 0.5) is 0 Å². The number of hydrogen-bond acceptors (Lipinski definition) is 3. The van der Waals surface area contributed by atoms with Gasteiger partial charge >= 0.3 is 0 Å². The molecule has 5 heteroatoms. The van der Waals surface area contributed by atoms with Crippen LogP contribution >= 0.6 is 15.9 Å². The second-order valence-electron chi connectivity index (χ2n) is 5.64. The van der Waals surface area contributed by atoms with Crippen molar-refractivity contribution in [2.24, 2.45) is 0 Å². The third kappa shape index (κ3) is 4.04. The van der Waals surface area contributed by atoms with Crippen LogP contribution in [0.1, 0.15) is 32.4 Å². The number of halogens is 1. The molecule has 19 heavy (non-hydrogen) atoms. The van der Waals surface area contributed by atoms with Crippen LogP contribution < -0.4 is 0 Å². The van der Waals surface area contributed by atoms with Gasteiger partial charge in [0.2, 0.25) is 0 Å². The molecule has 0 spiro atoms. The van der Waals surface area contributed by atoms with Crippen LogP contribution in [0.3, 0.4) is 0 Å². The lowest BCUT2D eigenvalue weighted by atomic mass is 10.1. The molecular weight excluding hydrogens is 326 g/mol. The fraction of sp³-hybridized carbons (Fsp3) is 0.571. The molecule has 1 aromatic carbocycles. The molecule has 0 N–H and O–H groups in total. The van der Waals surface area contributed by atoms with Gasteiger partial charge in [-0.3, -0.25) is 4.90 Å². The Balaban J connectivity index is 2.91. The SMILES string of the molecule is C[C@H](c1ccccc1Br)N(C)CC(C)(C)S(C)(=O)=O. The standard InChI is InChI=1S/C14H22BrNO2S/c1-11(12-8-6-7-9-13(12)15)16(4)10-14(2,3)19(5,17)18/h6-9,11H,10H2,1-5H3/t11-/m1/s1.